The van der Waals surface area contributed by atoms with Gasteiger partial charge in [-0.15, -0.1) is 0 Å². The Morgan fingerprint density at radius 1 is 1.56 bits per heavy atom. The maximum atomic E-state index is 10.9. The molecule has 1 aromatic carbocycles. The van der Waals surface area contributed by atoms with E-state index in [1.807, 2.05) is 0 Å². The van der Waals surface area contributed by atoms with E-state index in [2.05, 4.69) is 15.7 Å². The second-order valence-electron chi connectivity index (χ2n) is 3.15. The van der Waals surface area contributed by atoms with Crippen molar-refractivity contribution in [3.63, 3.8) is 0 Å². The van der Waals surface area contributed by atoms with Gasteiger partial charge in [0.25, 0.3) is 0 Å². The van der Waals surface area contributed by atoms with Gasteiger partial charge < -0.3 is 5.32 Å². The summed E-state index contributed by atoms with van der Waals surface area (Å²) < 4.78 is 0.865. The summed E-state index contributed by atoms with van der Waals surface area (Å²) in [6.45, 7) is 1.44. The average Bonchev–Trinajstić information content (AvgIpc) is 2.60. The molecule has 1 aromatic heterocycles. The molecule has 0 aliphatic heterocycles. The molecular weight excluding hydrogens is 248 g/mol. The number of amides is 1. The highest BCUT2D eigenvalue weighted by atomic mass is 35.5. The topological polar surface area (TPSA) is 80.0 Å². The van der Waals surface area contributed by atoms with Gasteiger partial charge in [0.15, 0.2) is 5.13 Å². The van der Waals surface area contributed by atoms with Crippen molar-refractivity contribution < 1.29 is 4.79 Å². The van der Waals surface area contributed by atoms with E-state index in [9.17, 15) is 4.79 Å². The molecule has 2 aromatic rings. The van der Waals surface area contributed by atoms with E-state index in [4.69, 9.17) is 17.4 Å². The molecule has 84 valence electrons. The fourth-order valence-electron chi connectivity index (χ4n) is 1.33. The number of carbonyl (C=O) groups is 1. The van der Waals surface area contributed by atoms with Crippen LogP contribution in [0.4, 0.5) is 10.8 Å². The van der Waals surface area contributed by atoms with E-state index in [0.717, 1.165) is 4.70 Å². The minimum atomic E-state index is -0.142. The number of hydrazine groups is 1. The Morgan fingerprint density at radius 3 is 2.94 bits per heavy atom. The van der Waals surface area contributed by atoms with Crippen molar-refractivity contribution in [1.82, 2.24) is 4.98 Å². The van der Waals surface area contributed by atoms with Gasteiger partial charge in [0.05, 0.1) is 9.72 Å². The van der Waals surface area contributed by atoms with Crippen molar-refractivity contribution >= 4 is 49.9 Å². The lowest BCUT2D eigenvalue weighted by molar-refractivity contribution is -0.114. The number of rotatable bonds is 2. The number of hydrogen-bond acceptors (Lipinski definition) is 5. The van der Waals surface area contributed by atoms with Crippen LogP contribution in [0.15, 0.2) is 12.1 Å². The molecule has 0 spiro atoms. The third kappa shape index (κ3) is 2.08. The van der Waals surface area contributed by atoms with Crippen LogP contribution >= 0.6 is 22.9 Å². The number of carbonyl (C=O) groups excluding carboxylic acids is 1. The quantitative estimate of drug-likeness (QED) is 0.568. The van der Waals surface area contributed by atoms with Gasteiger partial charge in [-0.3, -0.25) is 10.2 Å². The monoisotopic (exact) mass is 256 g/mol. The summed E-state index contributed by atoms with van der Waals surface area (Å²) in [5, 5.41) is 3.73. The van der Waals surface area contributed by atoms with Crippen LogP contribution in [0.2, 0.25) is 5.02 Å². The lowest BCUT2D eigenvalue weighted by Crippen LogP contribution is -2.05. The van der Waals surface area contributed by atoms with Gasteiger partial charge >= 0.3 is 0 Å². The highest BCUT2D eigenvalue weighted by Gasteiger charge is 2.09. The Bertz CT molecular complexity index is 554. The summed E-state index contributed by atoms with van der Waals surface area (Å²) in [4.78, 5) is 15.1. The number of hydrogen-bond donors (Lipinski definition) is 3. The SMILES string of the molecule is CC(=O)Nc1cc(Cl)c2nc(NN)sc2c1. The Hall–Kier alpha value is -1.37. The predicted octanol–water partition coefficient (Wildman–Crippen LogP) is 2.19. The number of nitrogen functional groups attached to an aromatic ring is 1. The maximum absolute atomic E-state index is 10.9. The molecule has 1 heterocycles. The first-order chi connectivity index (χ1) is 7.60. The molecule has 5 nitrogen and oxygen atoms in total. The normalized spacial score (nSPS) is 10.4. The molecule has 0 radical (unpaired) electrons. The maximum Gasteiger partial charge on any atom is 0.221 e. The zero-order chi connectivity index (χ0) is 11.7. The van der Waals surface area contributed by atoms with Crippen LogP contribution in [0.25, 0.3) is 10.2 Å². The van der Waals surface area contributed by atoms with Gasteiger partial charge in [0.1, 0.15) is 5.52 Å². The van der Waals surface area contributed by atoms with Crippen LogP contribution in [0, 0.1) is 0 Å². The van der Waals surface area contributed by atoms with Crippen molar-refractivity contribution in [1.29, 1.82) is 0 Å². The Kier molecular flexibility index (Phi) is 2.95. The fraction of sp³-hybridized carbons (Fsp3) is 0.111. The van der Waals surface area contributed by atoms with E-state index in [1.165, 1.54) is 18.3 Å². The summed E-state index contributed by atoms with van der Waals surface area (Å²) in [6, 6.07) is 3.46. The molecule has 4 N–H and O–H groups in total. The van der Waals surface area contributed by atoms with Crippen LogP contribution in [-0.4, -0.2) is 10.9 Å². The largest absolute Gasteiger partial charge is 0.326 e. The molecule has 0 bridgehead atoms. The van der Waals surface area contributed by atoms with E-state index in [1.54, 1.807) is 12.1 Å². The summed E-state index contributed by atoms with van der Waals surface area (Å²) in [5.74, 6) is 5.13. The second-order valence-corrected chi connectivity index (χ2v) is 4.59. The number of benzene rings is 1. The fourth-order valence-corrected chi connectivity index (χ4v) is 2.49. The molecule has 0 fully saturated rings. The number of nitrogens with zero attached hydrogens (tertiary/aromatic N) is 1. The third-order valence-electron chi connectivity index (χ3n) is 1.89. The van der Waals surface area contributed by atoms with Crippen molar-refractivity contribution in [2.75, 3.05) is 10.7 Å². The van der Waals surface area contributed by atoms with Gasteiger partial charge in [0.2, 0.25) is 5.91 Å². The van der Waals surface area contributed by atoms with Gasteiger partial charge in [-0.25, -0.2) is 10.8 Å². The summed E-state index contributed by atoms with van der Waals surface area (Å²) in [7, 11) is 0. The Labute approximate surface area is 101 Å². The van der Waals surface area contributed by atoms with Crippen LogP contribution in [0.1, 0.15) is 6.92 Å². The molecule has 2 rings (SSSR count). The molecule has 1 amide bonds. The Balaban J connectivity index is 2.52. The first-order valence-electron chi connectivity index (χ1n) is 4.44. The van der Waals surface area contributed by atoms with Gasteiger partial charge in [-0.05, 0) is 12.1 Å². The minimum Gasteiger partial charge on any atom is -0.326 e. The molecule has 7 heteroatoms. The number of nitrogens with two attached hydrogens (primary N) is 1. The third-order valence-corrected chi connectivity index (χ3v) is 3.11. The predicted molar refractivity (Wildman–Crippen MR) is 66.7 cm³/mol. The van der Waals surface area contributed by atoms with E-state index >= 15 is 0 Å². The summed E-state index contributed by atoms with van der Waals surface area (Å²) >= 11 is 7.41. The smallest absolute Gasteiger partial charge is 0.221 e. The van der Waals surface area contributed by atoms with Crippen LogP contribution in [0.3, 0.4) is 0 Å². The van der Waals surface area contributed by atoms with Crippen molar-refractivity contribution in [2.45, 2.75) is 6.92 Å². The van der Waals surface area contributed by atoms with Crippen molar-refractivity contribution in [3.8, 4) is 0 Å². The van der Waals surface area contributed by atoms with E-state index in [0.29, 0.717) is 21.4 Å². The zero-order valence-electron chi connectivity index (χ0n) is 8.37. The number of thiazole rings is 1. The first kappa shape index (κ1) is 11.1. The molecule has 0 aliphatic rings. The summed E-state index contributed by atoms with van der Waals surface area (Å²) in [6.07, 6.45) is 0. The molecule has 0 aliphatic carbocycles. The van der Waals surface area contributed by atoms with Crippen LogP contribution in [0.5, 0.6) is 0 Å². The number of fused-ring (bicyclic) bond motifs is 1. The zero-order valence-corrected chi connectivity index (χ0v) is 9.95. The van der Waals surface area contributed by atoms with Crippen LogP contribution in [-0.2, 0) is 4.79 Å². The van der Waals surface area contributed by atoms with E-state index < -0.39 is 0 Å². The number of nitrogens with one attached hydrogen (secondary N) is 2. The second kappa shape index (κ2) is 4.25. The lowest BCUT2D eigenvalue weighted by atomic mass is 10.3. The molecule has 0 saturated heterocycles. The molecule has 0 saturated carbocycles. The number of halogens is 1. The standard InChI is InChI=1S/C9H9ClN4OS/c1-4(15)12-5-2-6(10)8-7(3-5)16-9(13-8)14-11/h2-3H,11H2,1H3,(H,12,15)(H,13,14). The van der Waals surface area contributed by atoms with Gasteiger partial charge in [0, 0.05) is 12.6 Å². The number of anilines is 2. The molecule has 0 atom stereocenters. The van der Waals surface area contributed by atoms with E-state index in [-0.39, 0.29) is 5.91 Å². The van der Waals surface area contributed by atoms with Crippen LogP contribution < -0.4 is 16.6 Å². The Morgan fingerprint density at radius 2 is 2.31 bits per heavy atom. The average molecular weight is 257 g/mol. The van der Waals surface area contributed by atoms with Gasteiger partial charge in [-0.2, -0.15) is 0 Å². The summed E-state index contributed by atoms with van der Waals surface area (Å²) in [5.41, 5.74) is 3.79. The molecule has 0 unspecified atom stereocenters. The van der Waals surface area contributed by atoms with Crippen molar-refractivity contribution in [3.05, 3.63) is 17.2 Å². The highest BCUT2D eigenvalue weighted by Crippen LogP contribution is 2.33. The molecular formula is C9H9ClN4OS. The van der Waals surface area contributed by atoms with Gasteiger partial charge in [-0.1, -0.05) is 22.9 Å². The first-order valence-corrected chi connectivity index (χ1v) is 5.64. The van der Waals surface area contributed by atoms with Crippen molar-refractivity contribution in [2.24, 2.45) is 5.84 Å². The molecule has 16 heavy (non-hydrogen) atoms. The number of aromatic nitrogens is 1. The highest BCUT2D eigenvalue weighted by molar-refractivity contribution is 7.22. The lowest BCUT2D eigenvalue weighted by Gasteiger charge is -2.02. The minimum absolute atomic E-state index is 0.142.